The Bertz CT molecular complexity index is 1580. The number of likely N-dealkylation sites (tertiary alicyclic amines) is 1. The first kappa shape index (κ1) is 23.6. The number of carbonyl (C=O) groups is 2. The molecule has 2 amide bonds. The summed E-state index contributed by atoms with van der Waals surface area (Å²) >= 11 is 0. The molecule has 4 heterocycles. The topological polar surface area (TPSA) is 97.9 Å². The van der Waals surface area contributed by atoms with Gasteiger partial charge in [0.15, 0.2) is 5.82 Å². The standard InChI is InChI=1S/C29H27N7O2/c1-34-19-24-17-22(5-9-26(24)33-34)29(38)35-15-11-21(12-16-35)20-3-7-25(8-4-20)32-28(37)23-6-10-27(30-18-23)36-14-2-13-31-36/h2-10,13-14,17-19,21H,11-12,15-16H2,1H3,(H,32,37). The highest BCUT2D eigenvalue weighted by Crippen LogP contribution is 2.30. The normalized spacial score (nSPS) is 14.1. The number of pyridine rings is 1. The predicted molar refractivity (Wildman–Crippen MR) is 144 cm³/mol. The van der Waals surface area contributed by atoms with Gasteiger partial charge in [0.05, 0.1) is 11.1 Å². The van der Waals surface area contributed by atoms with Crippen molar-refractivity contribution in [3.63, 3.8) is 0 Å². The molecule has 0 radical (unpaired) electrons. The fourth-order valence-electron chi connectivity index (χ4n) is 4.98. The fraction of sp³-hybridized carbons (Fsp3) is 0.207. The number of nitrogens with one attached hydrogen (secondary N) is 1. The van der Waals surface area contributed by atoms with E-state index in [4.69, 9.17) is 0 Å². The molecule has 190 valence electrons. The summed E-state index contributed by atoms with van der Waals surface area (Å²) in [5.41, 5.74) is 4.02. The lowest BCUT2D eigenvalue weighted by Crippen LogP contribution is -2.37. The second-order valence-corrected chi connectivity index (χ2v) is 9.57. The zero-order valence-corrected chi connectivity index (χ0v) is 21.0. The van der Waals surface area contributed by atoms with Gasteiger partial charge in [-0.2, -0.15) is 10.2 Å². The van der Waals surface area contributed by atoms with Crippen LogP contribution in [0.15, 0.2) is 85.5 Å². The largest absolute Gasteiger partial charge is 0.339 e. The van der Waals surface area contributed by atoms with Crippen LogP contribution in [-0.4, -0.2) is 54.3 Å². The molecular weight excluding hydrogens is 478 g/mol. The van der Waals surface area contributed by atoms with E-state index < -0.39 is 0 Å². The quantitative estimate of drug-likeness (QED) is 0.381. The van der Waals surface area contributed by atoms with E-state index in [2.05, 4.69) is 32.6 Å². The first-order valence-electron chi connectivity index (χ1n) is 12.6. The first-order valence-corrected chi connectivity index (χ1v) is 12.6. The van der Waals surface area contributed by atoms with Gasteiger partial charge in [-0.05, 0) is 72.9 Å². The van der Waals surface area contributed by atoms with Gasteiger partial charge in [-0.3, -0.25) is 14.3 Å². The number of benzene rings is 2. The van der Waals surface area contributed by atoms with Gasteiger partial charge in [-0.15, -0.1) is 0 Å². The SMILES string of the molecule is Cn1cc2cc(C(=O)N3CCC(c4ccc(NC(=O)c5ccc(-n6cccn6)nc5)cc4)CC3)ccc2n1. The maximum absolute atomic E-state index is 13.1. The van der Waals surface area contributed by atoms with Crippen molar-refractivity contribution in [2.24, 2.45) is 7.05 Å². The van der Waals surface area contributed by atoms with E-state index in [-0.39, 0.29) is 11.8 Å². The number of amides is 2. The van der Waals surface area contributed by atoms with E-state index in [9.17, 15) is 9.59 Å². The molecule has 0 atom stereocenters. The molecule has 0 saturated carbocycles. The summed E-state index contributed by atoms with van der Waals surface area (Å²) in [6.45, 7) is 1.43. The van der Waals surface area contributed by atoms with Gasteiger partial charge in [0.25, 0.3) is 11.8 Å². The number of aryl methyl sites for hydroxylation is 1. The van der Waals surface area contributed by atoms with Crippen LogP contribution in [0.25, 0.3) is 16.7 Å². The summed E-state index contributed by atoms with van der Waals surface area (Å²) in [6, 6.07) is 19.0. The van der Waals surface area contributed by atoms with Crippen molar-refractivity contribution in [1.29, 1.82) is 0 Å². The molecular formula is C29H27N7O2. The minimum absolute atomic E-state index is 0.0689. The highest BCUT2D eigenvalue weighted by Gasteiger charge is 2.25. The molecule has 9 nitrogen and oxygen atoms in total. The van der Waals surface area contributed by atoms with Crippen LogP contribution in [0.2, 0.25) is 0 Å². The molecule has 9 heteroatoms. The molecule has 1 saturated heterocycles. The maximum atomic E-state index is 13.1. The zero-order valence-electron chi connectivity index (χ0n) is 21.0. The summed E-state index contributed by atoms with van der Waals surface area (Å²) in [4.78, 5) is 32.0. The van der Waals surface area contributed by atoms with E-state index >= 15 is 0 Å². The van der Waals surface area contributed by atoms with Crippen LogP contribution < -0.4 is 5.32 Å². The third kappa shape index (κ3) is 4.78. The second-order valence-electron chi connectivity index (χ2n) is 9.57. The predicted octanol–water partition coefficient (Wildman–Crippen LogP) is 4.43. The smallest absolute Gasteiger partial charge is 0.257 e. The Morgan fingerprint density at radius 3 is 2.47 bits per heavy atom. The van der Waals surface area contributed by atoms with Crippen LogP contribution in [0.5, 0.6) is 0 Å². The number of fused-ring (bicyclic) bond motifs is 1. The number of carbonyl (C=O) groups excluding carboxylic acids is 2. The van der Waals surface area contributed by atoms with Crippen LogP contribution in [0.4, 0.5) is 5.69 Å². The number of piperidine rings is 1. The van der Waals surface area contributed by atoms with Gasteiger partial charge in [-0.25, -0.2) is 9.67 Å². The van der Waals surface area contributed by atoms with E-state index in [1.807, 2.05) is 54.5 Å². The molecule has 0 spiro atoms. The van der Waals surface area contributed by atoms with E-state index in [1.54, 1.807) is 40.1 Å². The molecule has 1 aliphatic rings. The Labute approximate surface area is 219 Å². The van der Waals surface area contributed by atoms with Gasteiger partial charge in [0.1, 0.15) is 0 Å². The lowest BCUT2D eigenvalue weighted by atomic mass is 9.89. The van der Waals surface area contributed by atoms with Crippen molar-refractivity contribution >= 4 is 28.4 Å². The van der Waals surface area contributed by atoms with Crippen molar-refractivity contribution in [1.82, 2.24) is 29.4 Å². The highest BCUT2D eigenvalue weighted by molar-refractivity contribution is 6.04. The summed E-state index contributed by atoms with van der Waals surface area (Å²) in [7, 11) is 1.88. The Morgan fingerprint density at radius 1 is 0.974 bits per heavy atom. The third-order valence-electron chi connectivity index (χ3n) is 7.04. The molecule has 38 heavy (non-hydrogen) atoms. The van der Waals surface area contributed by atoms with Crippen molar-refractivity contribution in [2.75, 3.05) is 18.4 Å². The third-order valence-corrected chi connectivity index (χ3v) is 7.04. The summed E-state index contributed by atoms with van der Waals surface area (Å²) in [5.74, 6) is 0.884. The highest BCUT2D eigenvalue weighted by atomic mass is 16.2. The lowest BCUT2D eigenvalue weighted by molar-refractivity contribution is 0.0713. The van der Waals surface area contributed by atoms with Gasteiger partial charge >= 0.3 is 0 Å². The Balaban J connectivity index is 1.04. The van der Waals surface area contributed by atoms with Crippen LogP contribution in [0.3, 0.4) is 0 Å². The molecule has 0 aliphatic carbocycles. The molecule has 0 bridgehead atoms. The molecule has 1 fully saturated rings. The zero-order chi connectivity index (χ0) is 26.1. The van der Waals surface area contributed by atoms with Crippen molar-refractivity contribution in [3.05, 3.63) is 102 Å². The van der Waals surface area contributed by atoms with Crippen LogP contribution in [0, 0.1) is 0 Å². The van der Waals surface area contributed by atoms with Crippen molar-refractivity contribution in [3.8, 4) is 5.82 Å². The minimum Gasteiger partial charge on any atom is -0.339 e. The molecule has 2 aromatic carbocycles. The monoisotopic (exact) mass is 505 g/mol. The number of nitrogens with zero attached hydrogens (tertiary/aromatic N) is 6. The van der Waals surface area contributed by atoms with Gasteiger partial charge in [-0.1, -0.05) is 12.1 Å². The average molecular weight is 506 g/mol. The van der Waals surface area contributed by atoms with Crippen LogP contribution in [-0.2, 0) is 7.05 Å². The number of hydrogen-bond donors (Lipinski definition) is 1. The summed E-state index contributed by atoms with van der Waals surface area (Å²) in [6.07, 6.45) is 8.76. The molecule has 0 unspecified atom stereocenters. The maximum Gasteiger partial charge on any atom is 0.257 e. The van der Waals surface area contributed by atoms with E-state index in [1.165, 1.54) is 5.56 Å². The van der Waals surface area contributed by atoms with Gasteiger partial charge in [0.2, 0.25) is 0 Å². The number of aromatic nitrogens is 5. The van der Waals surface area contributed by atoms with E-state index in [0.29, 0.717) is 36.0 Å². The first-order chi connectivity index (χ1) is 18.5. The van der Waals surface area contributed by atoms with Gasteiger partial charge in [0, 0.05) is 61.6 Å². The molecule has 1 aliphatic heterocycles. The summed E-state index contributed by atoms with van der Waals surface area (Å²) in [5, 5.41) is 12.4. The minimum atomic E-state index is -0.214. The number of rotatable bonds is 5. The molecule has 6 rings (SSSR count). The summed E-state index contributed by atoms with van der Waals surface area (Å²) < 4.78 is 3.40. The van der Waals surface area contributed by atoms with Crippen LogP contribution >= 0.6 is 0 Å². The Hall–Kier alpha value is -4.79. The number of anilines is 1. The fourth-order valence-corrected chi connectivity index (χ4v) is 4.98. The van der Waals surface area contributed by atoms with Gasteiger partial charge < -0.3 is 10.2 Å². The Kier molecular flexibility index (Phi) is 6.17. The molecule has 3 aromatic heterocycles. The average Bonchev–Trinajstić information content (AvgIpc) is 3.62. The lowest BCUT2D eigenvalue weighted by Gasteiger charge is -2.32. The number of hydrogen-bond acceptors (Lipinski definition) is 5. The van der Waals surface area contributed by atoms with Crippen molar-refractivity contribution in [2.45, 2.75) is 18.8 Å². The van der Waals surface area contributed by atoms with E-state index in [0.717, 1.165) is 29.4 Å². The van der Waals surface area contributed by atoms with Crippen LogP contribution in [0.1, 0.15) is 45.0 Å². The Morgan fingerprint density at radius 2 is 1.76 bits per heavy atom. The molecule has 1 N–H and O–H groups in total. The van der Waals surface area contributed by atoms with Crippen molar-refractivity contribution < 1.29 is 9.59 Å². The second kappa shape index (κ2) is 9.93. The molecule has 5 aromatic rings.